The molecule has 0 radical (unpaired) electrons. The van der Waals surface area contributed by atoms with Crippen LogP contribution < -0.4 is 0 Å². The van der Waals surface area contributed by atoms with E-state index in [2.05, 4.69) is 27.2 Å². The minimum atomic E-state index is -0.275. The van der Waals surface area contributed by atoms with E-state index in [0.29, 0.717) is 39.3 Å². The maximum atomic E-state index is 13.5. The van der Waals surface area contributed by atoms with Gasteiger partial charge in [0.1, 0.15) is 5.82 Å². The molecular weight excluding hydrogens is 395 g/mol. The van der Waals surface area contributed by atoms with Crippen molar-refractivity contribution in [1.29, 1.82) is 0 Å². The zero-order chi connectivity index (χ0) is 21.5. The highest BCUT2D eigenvalue weighted by Gasteiger charge is 2.28. The van der Waals surface area contributed by atoms with Crippen LogP contribution in [0.15, 0.2) is 66.9 Å². The third-order valence-electron chi connectivity index (χ3n) is 5.44. The molecule has 1 saturated heterocycles. The number of nitrogens with one attached hydrogen (secondary N) is 1. The number of H-pyrrole nitrogens is 1. The highest BCUT2D eigenvalue weighted by atomic mass is 19.1. The number of benzene rings is 2. The zero-order valence-electron chi connectivity index (χ0n) is 17.4. The van der Waals surface area contributed by atoms with E-state index < -0.39 is 0 Å². The Hall–Kier alpha value is -3.03. The summed E-state index contributed by atoms with van der Waals surface area (Å²) in [6, 6.07) is 18.5. The Morgan fingerprint density at radius 2 is 1.90 bits per heavy atom. The van der Waals surface area contributed by atoms with Crippen LogP contribution in [0.25, 0.3) is 0 Å². The summed E-state index contributed by atoms with van der Waals surface area (Å²) in [5, 5.41) is 6.96. The van der Waals surface area contributed by atoms with Crippen molar-refractivity contribution in [2.45, 2.75) is 25.7 Å². The van der Waals surface area contributed by atoms with Gasteiger partial charge in [-0.15, -0.1) is 0 Å². The van der Waals surface area contributed by atoms with E-state index in [-0.39, 0.29) is 17.8 Å². The first-order valence-corrected chi connectivity index (χ1v) is 10.5. The fourth-order valence-corrected chi connectivity index (χ4v) is 3.85. The van der Waals surface area contributed by atoms with Gasteiger partial charge in [-0.2, -0.15) is 5.10 Å². The zero-order valence-corrected chi connectivity index (χ0v) is 17.4. The molecule has 0 bridgehead atoms. The average molecular weight is 423 g/mol. The highest BCUT2D eigenvalue weighted by Crippen LogP contribution is 2.15. The molecule has 1 aliphatic rings. The van der Waals surface area contributed by atoms with Gasteiger partial charge in [0.25, 0.3) is 0 Å². The van der Waals surface area contributed by atoms with E-state index >= 15 is 0 Å². The van der Waals surface area contributed by atoms with Crippen LogP contribution in [-0.4, -0.2) is 58.2 Å². The van der Waals surface area contributed by atoms with Gasteiger partial charge in [-0.3, -0.25) is 14.8 Å². The van der Waals surface area contributed by atoms with Crippen LogP contribution in [0.1, 0.15) is 16.8 Å². The number of halogens is 1. The van der Waals surface area contributed by atoms with Crippen molar-refractivity contribution in [2.75, 3.05) is 26.2 Å². The summed E-state index contributed by atoms with van der Waals surface area (Å²) >= 11 is 0. The molecule has 1 aliphatic heterocycles. The molecule has 6 nitrogen and oxygen atoms in total. The molecule has 2 aromatic carbocycles. The third-order valence-corrected chi connectivity index (χ3v) is 5.44. The third kappa shape index (κ3) is 6.23. The van der Waals surface area contributed by atoms with E-state index in [1.165, 1.54) is 17.7 Å². The molecule has 0 spiro atoms. The van der Waals surface area contributed by atoms with Crippen LogP contribution in [0.2, 0.25) is 0 Å². The predicted molar refractivity (Wildman–Crippen MR) is 116 cm³/mol. The maximum Gasteiger partial charge on any atom is 0.236 e. The van der Waals surface area contributed by atoms with Gasteiger partial charge >= 0.3 is 0 Å². The molecule has 1 atom stereocenters. The van der Waals surface area contributed by atoms with Gasteiger partial charge in [-0.25, -0.2) is 4.39 Å². The van der Waals surface area contributed by atoms with Gasteiger partial charge < -0.3 is 9.64 Å². The fourth-order valence-electron chi connectivity index (χ4n) is 3.85. The van der Waals surface area contributed by atoms with Gasteiger partial charge in [0.2, 0.25) is 5.91 Å². The molecule has 1 fully saturated rings. The van der Waals surface area contributed by atoms with E-state index in [4.69, 9.17) is 4.74 Å². The summed E-state index contributed by atoms with van der Waals surface area (Å²) in [5.74, 6) is -0.185. The van der Waals surface area contributed by atoms with Crippen LogP contribution in [0, 0.1) is 5.82 Å². The Labute approximate surface area is 181 Å². The van der Waals surface area contributed by atoms with Crippen LogP contribution in [0.5, 0.6) is 0 Å². The lowest BCUT2D eigenvalue weighted by Gasteiger charge is -2.25. The summed E-state index contributed by atoms with van der Waals surface area (Å²) in [4.78, 5) is 17.0. The van der Waals surface area contributed by atoms with Crippen molar-refractivity contribution in [2.24, 2.45) is 0 Å². The minimum Gasteiger partial charge on any atom is -0.370 e. The first-order valence-electron chi connectivity index (χ1n) is 10.5. The molecule has 1 amide bonds. The molecule has 162 valence electrons. The average Bonchev–Trinajstić information content (AvgIpc) is 3.23. The van der Waals surface area contributed by atoms with Crippen molar-refractivity contribution in [3.63, 3.8) is 0 Å². The molecule has 31 heavy (non-hydrogen) atoms. The fraction of sp³-hybridized carbons (Fsp3) is 0.333. The SMILES string of the molecule is O=C1CN(Cc2ccn[nH]2)C[C@H](OCc2cccc(F)c2)CN1CCc1ccccc1. The molecule has 7 heteroatoms. The number of ether oxygens (including phenoxy) is 1. The van der Waals surface area contributed by atoms with Crippen LogP contribution >= 0.6 is 0 Å². The predicted octanol–water partition coefficient (Wildman–Crippen LogP) is 3.02. The smallest absolute Gasteiger partial charge is 0.236 e. The van der Waals surface area contributed by atoms with Gasteiger partial charge in [-0.05, 0) is 35.7 Å². The first-order chi connectivity index (χ1) is 15.2. The second-order valence-electron chi connectivity index (χ2n) is 7.89. The van der Waals surface area contributed by atoms with E-state index in [0.717, 1.165) is 17.7 Å². The van der Waals surface area contributed by atoms with E-state index in [1.54, 1.807) is 12.3 Å². The first kappa shape index (κ1) is 21.2. The van der Waals surface area contributed by atoms with Crippen molar-refractivity contribution >= 4 is 5.91 Å². The number of hydrogen-bond donors (Lipinski definition) is 1. The molecule has 1 N–H and O–H groups in total. The molecule has 2 heterocycles. The highest BCUT2D eigenvalue weighted by molar-refractivity contribution is 5.78. The number of aromatic nitrogens is 2. The molecule has 1 aromatic heterocycles. The molecule has 0 aliphatic carbocycles. The summed E-state index contributed by atoms with van der Waals surface area (Å²) in [7, 11) is 0. The molecule has 0 saturated carbocycles. The van der Waals surface area contributed by atoms with Crippen LogP contribution in [0.4, 0.5) is 4.39 Å². The number of amides is 1. The van der Waals surface area contributed by atoms with E-state index in [1.807, 2.05) is 35.2 Å². The molecule has 3 aromatic rings. The van der Waals surface area contributed by atoms with E-state index in [9.17, 15) is 9.18 Å². The topological polar surface area (TPSA) is 61.5 Å². The summed E-state index contributed by atoms with van der Waals surface area (Å²) in [6.45, 7) is 3.00. The minimum absolute atomic E-state index is 0.0901. The number of aromatic amines is 1. The summed E-state index contributed by atoms with van der Waals surface area (Å²) < 4.78 is 19.7. The number of carbonyl (C=O) groups excluding carboxylic acids is 1. The Morgan fingerprint density at radius 1 is 1.06 bits per heavy atom. The molecule has 4 rings (SSSR count). The lowest BCUT2D eigenvalue weighted by atomic mass is 10.1. The number of nitrogens with zero attached hydrogens (tertiary/aromatic N) is 3. The second kappa shape index (κ2) is 10.3. The lowest BCUT2D eigenvalue weighted by Crippen LogP contribution is -2.39. The summed E-state index contributed by atoms with van der Waals surface area (Å²) in [5.41, 5.74) is 2.94. The lowest BCUT2D eigenvalue weighted by molar-refractivity contribution is -0.131. The van der Waals surface area contributed by atoms with Gasteiger partial charge in [0, 0.05) is 38.1 Å². The second-order valence-corrected chi connectivity index (χ2v) is 7.89. The van der Waals surface area contributed by atoms with Crippen LogP contribution in [0.3, 0.4) is 0 Å². The Morgan fingerprint density at radius 3 is 2.68 bits per heavy atom. The maximum absolute atomic E-state index is 13.5. The Kier molecular flexibility index (Phi) is 7.07. The van der Waals surface area contributed by atoms with Crippen molar-refractivity contribution < 1.29 is 13.9 Å². The molecule has 0 unspecified atom stereocenters. The van der Waals surface area contributed by atoms with Gasteiger partial charge in [-0.1, -0.05) is 42.5 Å². The number of hydrogen-bond acceptors (Lipinski definition) is 4. The van der Waals surface area contributed by atoms with Crippen molar-refractivity contribution in [3.05, 3.63) is 89.5 Å². The van der Waals surface area contributed by atoms with Crippen molar-refractivity contribution in [1.82, 2.24) is 20.0 Å². The largest absolute Gasteiger partial charge is 0.370 e. The Balaban J connectivity index is 1.44. The monoisotopic (exact) mass is 422 g/mol. The standard InChI is InChI=1S/C24H27FN4O2/c25-21-8-4-7-20(13-21)18-31-23-15-28(14-22-9-11-26-27-22)17-24(30)29(16-23)12-10-19-5-2-1-3-6-19/h1-9,11,13,23H,10,12,14-18H2,(H,26,27)/t23-/m0/s1. The quantitative estimate of drug-likeness (QED) is 0.606. The summed E-state index contributed by atoms with van der Waals surface area (Å²) in [6.07, 6.45) is 2.33. The van der Waals surface area contributed by atoms with Gasteiger partial charge in [0.15, 0.2) is 0 Å². The van der Waals surface area contributed by atoms with Crippen LogP contribution in [-0.2, 0) is 29.1 Å². The Bertz CT molecular complexity index is 965. The van der Waals surface area contributed by atoms with Gasteiger partial charge in [0.05, 0.1) is 19.3 Å². The molecular formula is C24H27FN4O2. The normalized spacial score (nSPS) is 17.6. The van der Waals surface area contributed by atoms with Crippen molar-refractivity contribution in [3.8, 4) is 0 Å². The number of rotatable bonds is 8. The number of carbonyl (C=O) groups is 1.